The quantitative estimate of drug-likeness (QED) is 0.876. The van der Waals surface area contributed by atoms with E-state index >= 15 is 0 Å². The molecule has 1 heterocycles. The van der Waals surface area contributed by atoms with Crippen LogP contribution in [0.25, 0.3) is 0 Å². The molecule has 1 unspecified atom stereocenters. The molecule has 0 aromatic heterocycles. The molecule has 86 valence electrons. The average Bonchev–Trinajstić information content (AvgIpc) is 2.42. The minimum Gasteiger partial charge on any atom is -0.390 e. The lowest BCUT2D eigenvalue weighted by Crippen LogP contribution is -2.28. The van der Waals surface area contributed by atoms with E-state index in [9.17, 15) is 9.90 Å². The van der Waals surface area contributed by atoms with Gasteiger partial charge < -0.3 is 10.4 Å². The minimum absolute atomic E-state index is 0.0725. The molecule has 1 aliphatic heterocycles. The molecule has 0 fully saturated rings. The Bertz CT molecular complexity index is 437. The van der Waals surface area contributed by atoms with E-state index in [-0.39, 0.29) is 11.9 Å². The van der Waals surface area contributed by atoms with E-state index in [4.69, 9.17) is 0 Å². The van der Waals surface area contributed by atoms with Crippen LogP contribution in [0.5, 0.6) is 0 Å². The van der Waals surface area contributed by atoms with Crippen LogP contribution in [0.3, 0.4) is 0 Å². The molecule has 0 spiro atoms. The number of amides is 1. The Hall–Kier alpha value is -0.870. The molecule has 0 radical (unpaired) electrons. The third-order valence-corrected chi connectivity index (χ3v) is 3.32. The van der Waals surface area contributed by atoms with Crippen LogP contribution in [-0.4, -0.2) is 16.6 Å². The summed E-state index contributed by atoms with van der Waals surface area (Å²) in [4.78, 5) is 11.8. The van der Waals surface area contributed by atoms with Gasteiger partial charge in [-0.25, -0.2) is 0 Å². The van der Waals surface area contributed by atoms with Gasteiger partial charge in [0.2, 0.25) is 0 Å². The van der Waals surface area contributed by atoms with Crippen molar-refractivity contribution in [2.45, 2.75) is 31.9 Å². The highest BCUT2D eigenvalue weighted by molar-refractivity contribution is 9.10. The summed E-state index contributed by atoms with van der Waals surface area (Å²) in [6.45, 7) is 3.49. The third kappa shape index (κ3) is 2.13. The molecule has 16 heavy (non-hydrogen) atoms. The van der Waals surface area contributed by atoms with E-state index in [0.29, 0.717) is 12.0 Å². The topological polar surface area (TPSA) is 49.3 Å². The average molecular weight is 284 g/mol. The van der Waals surface area contributed by atoms with Crippen LogP contribution in [0.1, 0.15) is 42.2 Å². The number of hydrogen-bond donors (Lipinski definition) is 2. The molecular weight excluding hydrogens is 270 g/mol. The molecule has 3 nitrogen and oxygen atoms in total. The minimum atomic E-state index is -0.790. The Morgan fingerprint density at radius 3 is 2.81 bits per heavy atom. The van der Waals surface area contributed by atoms with Gasteiger partial charge in [-0.15, -0.1) is 0 Å². The van der Waals surface area contributed by atoms with Gasteiger partial charge in [-0.2, -0.15) is 0 Å². The zero-order chi connectivity index (χ0) is 11.9. The summed E-state index contributed by atoms with van der Waals surface area (Å²) < 4.78 is 0.806. The third-order valence-electron chi connectivity index (χ3n) is 2.66. The van der Waals surface area contributed by atoms with Crippen molar-refractivity contribution in [2.24, 2.45) is 0 Å². The van der Waals surface area contributed by atoms with Crippen molar-refractivity contribution >= 4 is 21.8 Å². The smallest absolute Gasteiger partial charge is 0.253 e. The Morgan fingerprint density at radius 2 is 2.19 bits per heavy atom. The lowest BCUT2D eigenvalue weighted by molar-refractivity contribution is 0.0591. The fourth-order valence-corrected chi connectivity index (χ4v) is 2.60. The first-order valence-corrected chi connectivity index (χ1v) is 5.99. The van der Waals surface area contributed by atoms with E-state index in [2.05, 4.69) is 21.2 Å². The Labute approximate surface area is 103 Å². The summed E-state index contributed by atoms with van der Waals surface area (Å²) in [7, 11) is 0. The Balaban J connectivity index is 2.37. The van der Waals surface area contributed by atoms with Crippen molar-refractivity contribution in [3.8, 4) is 0 Å². The molecule has 4 heteroatoms. The first kappa shape index (κ1) is 11.6. The van der Waals surface area contributed by atoms with Crippen molar-refractivity contribution in [2.75, 3.05) is 0 Å². The van der Waals surface area contributed by atoms with Gasteiger partial charge in [-0.3, -0.25) is 4.79 Å². The number of carbonyl (C=O) groups is 1. The fraction of sp³-hybridized carbons (Fsp3) is 0.417. The van der Waals surface area contributed by atoms with Crippen LogP contribution in [-0.2, 0) is 0 Å². The molecule has 0 saturated heterocycles. The Kier molecular flexibility index (Phi) is 2.80. The van der Waals surface area contributed by atoms with E-state index in [0.717, 1.165) is 10.0 Å². The molecule has 1 atom stereocenters. The van der Waals surface area contributed by atoms with E-state index < -0.39 is 5.60 Å². The maximum absolute atomic E-state index is 11.8. The summed E-state index contributed by atoms with van der Waals surface area (Å²) in [5.74, 6) is -0.0725. The van der Waals surface area contributed by atoms with Crippen molar-refractivity contribution in [3.63, 3.8) is 0 Å². The molecular formula is C12H14BrNO2. The van der Waals surface area contributed by atoms with Gasteiger partial charge in [0.15, 0.2) is 0 Å². The number of halogens is 1. The maximum Gasteiger partial charge on any atom is 0.253 e. The molecule has 1 aromatic rings. The molecule has 2 N–H and O–H groups in total. The second-order valence-corrected chi connectivity index (χ2v) is 5.60. The Morgan fingerprint density at radius 1 is 1.50 bits per heavy atom. The van der Waals surface area contributed by atoms with Crippen LogP contribution in [0.2, 0.25) is 0 Å². The van der Waals surface area contributed by atoms with Gasteiger partial charge in [0, 0.05) is 10.9 Å². The number of nitrogens with one attached hydrogen (secondary N) is 1. The number of fused-ring (bicyclic) bond motifs is 1. The highest BCUT2D eigenvalue weighted by Crippen LogP contribution is 2.34. The fourth-order valence-electron chi connectivity index (χ4n) is 2.04. The first-order chi connectivity index (χ1) is 7.38. The standard InChI is InChI=1S/C12H14BrNO2/c1-12(2,16)6-9-7-4-3-5-8(13)10(7)11(15)14-9/h3-5,9,16H,6H2,1-2H3,(H,14,15). The highest BCUT2D eigenvalue weighted by Gasteiger charge is 2.33. The zero-order valence-electron chi connectivity index (χ0n) is 9.25. The highest BCUT2D eigenvalue weighted by atomic mass is 79.9. The molecule has 0 bridgehead atoms. The largest absolute Gasteiger partial charge is 0.390 e. The number of benzene rings is 1. The first-order valence-electron chi connectivity index (χ1n) is 5.20. The predicted molar refractivity (Wildman–Crippen MR) is 65.3 cm³/mol. The van der Waals surface area contributed by atoms with Crippen LogP contribution in [0.15, 0.2) is 22.7 Å². The van der Waals surface area contributed by atoms with Gasteiger partial charge in [-0.1, -0.05) is 12.1 Å². The molecule has 0 saturated carbocycles. The molecule has 2 rings (SSSR count). The summed E-state index contributed by atoms with van der Waals surface area (Å²) >= 11 is 3.37. The monoisotopic (exact) mass is 283 g/mol. The van der Waals surface area contributed by atoms with E-state index in [1.807, 2.05) is 18.2 Å². The predicted octanol–water partition coefficient (Wildman–Crippen LogP) is 2.39. The summed E-state index contributed by atoms with van der Waals surface area (Å²) in [5.41, 5.74) is 0.861. The van der Waals surface area contributed by atoms with Gasteiger partial charge in [0.1, 0.15) is 0 Å². The SMILES string of the molecule is CC(C)(O)CC1NC(=O)c2c(Br)cccc21. The molecule has 1 aliphatic rings. The van der Waals surface area contributed by atoms with Crippen LogP contribution < -0.4 is 5.32 Å². The summed E-state index contributed by atoms with van der Waals surface area (Å²) in [5, 5.41) is 12.7. The summed E-state index contributed by atoms with van der Waals surface area (Å²) in [6.07, 6.45) is 0.516. The number of rotatable bonds is 2. The second-order valence-electron chi connectivity index (χ2n) is 4.75. The summed E-state index contributed by atoms with van der Waals surface area (Å²) in [6, 6.07) is 5.58. The van der Waals surface area contributed by atoms with E-state index in [1.165, 1.54) is 0 Å². The number of hydrogen-bond acceptors (Lipinski definition) is 2. The normalized spacial score (nSPS) is 19.5. The van der Waals surface area contributed by atoms with Crippen LogP contribution in [0.4, 0.5) is 0 Å². The van der Waals surface area contributed by atoms with Crippen LogP contribution >= 0.6 is 15.9 Å². The van der Waals surface area contributed by atoms with Gasteiger partial charge in [0.05, 0.1) is 17.2 Å². The van der Waals surface area contributed by atoms with E-state index in [1.54, 1.807) is 13.8 Å². The maximum atomic E-state index is 11.8. The van der Waals surface area contributed by atoms with Crippen molar-refractivity contribution in [1.82, 2.24) is 5.32 Å². The number of aliphatic hydroxyl groups is 1. The second kappa shape index (κ2) is 3.86. The lowest BCUT2D eigenvalue weighted by Gasteiger charge is -2.22. The van der Waals surface area contributed by atoms with Crippen molar-refractivity contribution < 1.29 is 9.90 Å². The van der Waals surface area contributed by atoms with Crippen LogP contribution in [0, 0.1) is 0 Å². The van der Waals surface area contributed by atoms with Gasteiger partial charge in [0.25, 0.3) is 5.91 Å². The van der Waals surface area contributed by atoms with Crippen molar-refractivity contribution in [1.29, 1.82) is 0 Å². The molecule has 1 amide bonds. The lowest BCUT2D eigenvalue weighted by atomic mass is 9.94. The van der Waals surface area contributed by atoms with Gasteiger partial charge >= 0.3 is 0 Å². The molecule has 0 aliphatic carbocycles. The van der Waals surface area contributed by atoms with Crippen molar-refractivity contribution in [3.05, 3.63) is 33.8 Å². The zero-order valence-corrected chi connectivity index (χ0v) is 10.8. The van der Waals surface area contributed by atoms with Gasteiger partial charge in [-0.05, 0) is 41.4 Å². The number of carbonyl (C=O) groups excluding carboxylic acids is 1. The molecule has 1 aromatic carbocycles.